The molecule has 6 heteroatoms. The molecule has 1 unspecified atom stereocenters. The highest BCUT2D eigenvalue weighted by Crippen LogP contribution is 2.13. The Morgan fingerprint density at radius 2 is 2.00 bits per heavy atom. The van der Waals surface area contributed by atoms with Crippen LogP contribution in [0, 0.1) is 11.6 Å². The summed E-state index contributed by atoms with van der Waals surface area (Å²) >= 11 is 0. The van der Waals surface area contributed by atoms with Crippen molar-refractivity contribution < 1.29 is 18.4 Å². The number of halogens is 2. The van der Waals surface area contributed by atoms with E-state index >= 15 is 0 Å². The van der Waals surface area contributed by atoms with Crippen molar-refractivity contribution >= 4 is 11.8 Å². The average molecular weight is 254 g/mol. The first-order valence-electron chi connectivity index (χ1n) is 5.62. The third kappa shape index (κ3) is 2.47. The number of nitrogens with one attached hydrogen (secondary N) is 2. The van der Waals surface area contributed by atoms with Gasteiger partial charge in [-0.1, -0.05) is 6.07 Å². The van der Waals surface area contributed by atoms with E-state index in [4.69, 9.17) is 0 Å². The van der Waals surface area contributed by atoms with Crippen LogP contribution in [0.4, 0.5) is 8.78 Å². The van der Waals surface area contributed by atoms with Crippen LogP contribution < -0.4 is 10.6 Å². The van der Waals surface area contributed by atoms with Crippen molar-refractivity contribution in [1.29, 1.82) is 0 Å². The Morgan fingerprint density at radius 3 is 2.61 bits per heavy atom. The SMILES string of the molecule is O=C(NC1CCCNC1=O)c1c(F)cccc1F. The number of piperidine rings is 1. The molecule has 0 aliphatic carbocycles. The topological polar surface area (TPSA) is 58.2 Å². The first-order chi connectivity index (χ1) is 8.59. The van der Waals surface area contributed by atoms with Crippen molar-refractivity contribution in [2.45, 2.75) is 18.9 Å². The zero-order valence-electron chi connectivity index (χ0n) is 9.50. The van der Waals surface area contributed by atoms with Gasteiger partial charge in [-0.3, -0.25) is 9.59 Å². The first-order valence-corrected chi connectivity index (χ1v) is 5.62. The van der Waals surface area contributed by atoms with E-state index in [2.05, 4.69) is 10.6 Å². The molecule has 0 spiro atoms. The van der Waals surface area contributed by atoms with E-state index in [1.54, 1.807) is 0 Å². The van der Waals surface area contributed by atoms with E-state index in [-0.39, 0.29) is 5.91 Å². The molecular formula is C12H12F2N2O2. The highest BCUT2D eigenvalue weighted by molar-refractivity contribution is 5.98. The number of rotatable bonds is 2. The lowest BCUT2D eigenvalue weighted by Gasteiger charge is -2.22. The summed E-state index contributed by atoms with van der Waals surface area (Å²) in [4.78, 5) is 23.1. The molecule has 0 bridgehead atoms. The largest absolute Gasteiger partial charge is 0.354 e. The van der Waals surface area contributed by atoms with Crippen molar-refractivity contribution in [2.75, 3.05) is 6.54 Å². The number of amides is 2. The smallest absolute Gasteiger partial charge is 0.257 e. The first kappa shape index (κ1) is 12.5. The monoisotopic (exact) mass is 254 g/mol. The standard InChI is InChI=1S/C12H12F2N2O2/c13-7-3-1-4-8(14)10(7)12(18)16-9-5-2-6-15-11(9)17/h1,3-4,9H,2,5-6H2,(H,15,17)(H,16,18). The molecule has 1 aliphatic rings. The molecule has 2 amide bonds. The van der Waals surface area contributed by atoms with Gasteiger partial charge in [0.1, 0.15) is 23.2 Å². The molecule has 1 fully saturated rings. The van der Waals surface area contributed by atoms with Gasteiger partial charge in [0.05, 0.1) is 0 Å². The van der Waals surface area contributed by atoms with Crippen LogP contribution in [0.15, 0.2) is 18.2 Å². The van der Waals surface area contributed by atoms with Crippen molar-refractivity contribution in [3.63, 3.8) is 0 Å². The summed E-state index contributed by atoms with van der Waals surface area (Å²) < 4.78 is 26.7. The molecule has 2 rings (SSSR count). The van der Waals surface area contributed by atoms with Gasteiger partial charge in [-0.15, -0.1) is 0 Å². The van der Waals surface area contributed by atoms with Crippen LogP contribution in [-0.2, 0) is 4.79 Å². The summed E-state index contributed by atoms with van der Waals surface area (Å²) in [6, 6.07) is 2.44. The van der Waals surface area contributed by atoms with Gasteiger partial charge in [0, 0.05) is 6.54 Å². The Kier molecular flexibility index (Phi) is 3.55. The zero-order chi connectivity index (χ0) is 13.1. The Labute approximate surface area is 102 Å². The van der Waals surface area contributed by atoms with Crippen LogP contribution in [0.25, 0.3) is 0 Å². The number of hydrogen-bond acceptors (Lipinski definition) is 2. The van der Waals surface area contributed by atoms with Gasteiger partial charge in [0.15, 0.2) is 0 Å². The molecule has 1 saturated heterocycles. The molecule has 18 heavy (non-hydrogen) atoms. The molecule has 1 aromatic carbocycles. The maximum absolute atomic E-state index is 13.4. The van der Waals surface area contributed by atoms with E-state index in [1.807, 2.05) is 0 Å². The second-order valence-corrected chi connectivity index (χ2v) is 4.06. The Morgan fingerprint density at radius 1 is 1.33 bits per heavy atom. The zero-order valence-corrected chi connectivity index (χ0v) is 9.50. The van der Waals surface area contributed by atoms with Crippen LogP contribution in [-0.4, -0.2) is 24.4 Å². The Balaban J connectivity index is 2.14. The molecule has 0 radical (unpaired) electrons. The molecule has 1 aliphatic heterocycles. The van der Waals surface area contributed by atoms with Crippen molar-refractivity contribution in [1.82, 2.24) is 10.6 Å². The summed E-state index contributed by atoms with van der Waals surface area (Å²) in [7, 11) is 0. The van der Waals surface area contributed by atoms with E-state index < -0.39 is 29.1 Å². The van der Waals surface area contributed by atoms with E-state index in [9.17, 15) is 18.4 Å². The average Bonchev–Trinajstić information content (AvgIpc) is 2.32. The van der Waals surface area contributed by atoms with Crippen LogP contribution in [0.2, 0.25) is 0 Å². The summed E-state index contributed by atoms with van der Waals surface area (Å²) in [6.45, 7) is 0.555. The van der Waals surface area contributed by atoms with Crippen molar-refractivity contribution in [2.24, 2.45) is 0 Å². The number of hydrogen-bond donors (Lipinski definition) is 2. The van der Waals surface area contributed by atoms with Crippen LogP contribution >= 0.6 is 0 Å². The second kappa shape index (κ2) is 5.12. The van der Waals surface area contributed by atoms with Gasteiger partial charge in [-0.25, -0.2) is 8.78 Å². The number of carbonyl (C=O) groups is 2. The second-order valence-electron chi connectivity index (χ2n) is 4.06. The van der Waals surface area contributed by atoms with Crippen molar-refractivity contribution in [3.05, 3.63) is 35.4 Å². The highest BCUT2D eigenvalue weighted by atomic mass is 19.1. The molecule has 0 aromatic heterocycles. The third-order valence-electron chi connectivity index (χ3n) is 2.78. The molecule has 4 nitrogen and oxygen atoms in total. The van der Waals surface area contributed by atoms with Gasteiger partial charge in [-0.05, 0) is 25.0 Å². The highest BCUT2D eigenvalue weighted by Gasteiger charge is 2.26. The molecular weight excluding hydrogens is 242 g/mol. The predicted molar refractivity (Wildman–Crippen MR) is 59.9 cm³/mol. The maximum atomic E-state index is 13.4. The fraction of sp³-hybridized carbons (Fsp3) is 0.333. The lowest BCUT2D eigenvalue weighted by Crippen LogP contribution is -2.50. The Hall–Kier alpha value is -1.98. The third-order valence-corrected chi connectivity index (χ3v) is 2.78. The number of benzene rings is 1. The van der Waals surface area contributed by atoms with Crippen LogP contribution in [0.1, 0.15) is 23.2 Å². The van der Waals surface area contributed by atoms with Crippen molar-refractivity contribution in [3.8, 4) is 0 Å². The normalized spacial score (nSPS) is 19.2. The fourth-order valence-corrected chi connectivity index (χ4v) is 1.85. The minimum absolute atomic E-state index is 0.327. The summed E-state index contributed by atoms with van der Waals surface area (Å²) in [5, 5.41) is 4.91. The maximum Gasteiger partial charge on any atom is 0.257 e. The minimum Gasteiger partial charge on any atom is -0.354 e. The van der Waals surface area contributed by atoms with Crippen LogP contribution in [0.3, 0.4) is 0 Å². The van der Waals surface area contributed by atoms with Gasteiger partial charge < -0.3 is 10.6 Å². The number of carbonyl (C=O) groups excluding carboxylic acids is 2. The van der Waals surface area contributed by atoms with Gasteiger partial charge in [0.25, 0.3) is 5.91 Å². The quantitative estimate of drug-likeness (QED) is 0.826. The lowest BCUT2D eigenvalue weighted by atomic mass is 10.1. The van der Waals surface area contributed by atoms with E-state index in [0.29, 0.717) is 13.0 Å². The summed E-state index contributed by atoms with van der Waals surface area (Å²) in [5.74, 6) is -3.12. The molecule has 1 aromatic rings. The molecule has 1 heterocycles. The lowest BCUT2D eigenvalue weighted by molar-refractivity contribution is -0.124. The molecule has 96 valence electrons. The predicted octanol–water partition coefficient (Wildman–Crippen LogP) is 0.973. The van der Waals surface area contributed by atoms with E-state index in [1.165, 1.54) is 6.07 Å². The van der Waals surface area contributed by atoms with Gasteiger partial charge >= 0.3 is 0 Å². The van der Waals surface area contributed by atoms with Gasteiger partial charge in [0.2, 0.25) is 5.91 Å². The minimum atomic E-state index is -0.941. The molecule has 1 atom stereocenters. The summed E-state index contributed by atoms with van der Waals surface area (Å²) in [6.07, 6.45) is 1.18. The van der Waals surface area contributed by atoms with E-state index in [0.717, 1.165) is 18.6 Å². The van der Waals surface area contributed by atoms with Gasteiger partial charge in [-0.2, -0.15) is 0 Å². The summed E-state index contributed by atoms with van der Waals surface area (Å²) in [5.41, 5.74) is -0.657. The Bertz CT molecular complexity index is 471. The van der Waals surface area contributed by atoms with Crippen LogP contribution in [0.5, 0.6) is 0 Å². The molecule has 2 N–H and O–H groups in total. The molecule has 0 saturated carbocycles. The fourth-order valence-electron chi connectivity index (χ4n) is 1.85.